The fourth-order valence-electron chi connectivity index (χ4n) is 5.52. The molecule has 2 aliphatic rings. The SMILES string of the molecule is C[C@@H]1C(=O)NCCCOc2cc3c(ncnc3cc2OCCCN2CCN(C(=O)OC(C)(C)C)CC2)Nc2cc(Cl)c(F)cc2CN1C. The lowest BCUT2D eigenvalue weighted by molar-refractivity contribution is -0.125. The standard InChI is InChI=1S/C34H45ClFN7O5/c1-22-32(44)37-8-6-14-46-29-17-24-28(38-21-39-31(24)40-27-18-25(35)26(36)16-23(27)20-41(22)5)19-30(29)47-15-7-9-42-10-12-43(13-11-42)33(45)48-34(2,3)4/h16-19,21-22H,6-15,20H2,1-5H3,(H,37,44)(H,38,39,40)/t22-/m1/s1. The van der Waals surface area contributed by atoms with Gasteiger partial charge in [0.25, 0.3) is 0 Å². The van der Waals surface area contributed by atoms with E-state index in [9.17, 15) is 14.0 Å². The van der Waals surface area contributed by atoms with Gasteiger partial charge >= 0.3 is 6.09 Å². The van der Waals surface area contributed by atoms with Crippen LogP contribution >= 0.6 is 11.6 Å². The van der Waals surface area contributed by atoms with Crippen molar-refractivity contribution in [3.8, 4) is 11.5 Å². The van der Waals surface area contributed by atoms with E-state index in [-0.39, 0.29) is 17.0 Å². The van der Waals surface area contributed by atoms with Crippen LogP contribution in [0, 0.1) is 5.82 Å². The lowest BCUT2D eigenvalue weighted by Gasteiger charge is -2.35. The third-order valence-electron chi connectivity index (χ3n) is 8.34. The number of nitrogens with zero attached hydrogens (tertiary/aromatic N) is 5. The molecular weight excluding hydrogens is 641 g/mol. The third kappa shape index (κ3) is 9.14. The smallest absolute Gasteiger partial charge is 0.410 e. The Balaban J connectivity index is 1.31. The van der Waals surface area contributed by atoms with E-state index in [0.29, 0.717) is 85.3 Å². The van der Waals surface area contributed by atoms with Crippen LogP contribution in [-0.4, -0.2) is 108 Å². The van der Waals surface area contributed by atoms with Gasteiger partial charge in [-0.2, -0.15) is 0 Å². The number of benzene rings is 2. The molecule has 2 aromatic carbocycles. The second kappa shape index (κ2) is 15.5. The van der Waals surface area contributed by atoms with Gasteiger partial charge in [0.1, 0.15) is 23.6 Å². The summed E-state index contributed by atoms with van der Waals surface area (Å²) < 4.78 is 32.6. The highest BCUT2D eigenvalue weighted by Crippen LogP contribution is 2.36. The molecule has 3 aromatic rings. The number of piperazine rings is 1. The van der Waals surface area contributed by atoms with E-state index >= 15 is 0 Å². The highest BCUT2D eigenvalue weighted by molar-refractivity contribution is 6.31. The van der Waals surface area contributed by atoms with Crippen LogP contribution < -0.4 is 20.1 Å². The van der Waals surface area contributed by atoms with Gasteiger partial charge in [0.05, 0.1) is 29.8 Å². The van der Waals surface area contributed by atoms with Gasteiger partial charge < -0.3 is 29.7 Å². The highest BCUT2D eigenvalue weighted by Gasteiger charge is 2.26. The van der Waals surface area contributed by atoms with Gasteiger partial charge in [-0.05, 0) is 71.3 Å². The van der Waals surface area contributed by atoms with E-state index in [2.05, 4.69) is 25.5 Å². The maximum absolute atomic E-state index is 14.6. The lowest BCUT2D eigenvalue weighted by Crippen LogP contribution is -2.50. The average molecular weight is 686 g/mol. The van der Waals surface area contributed by atoms with Crippen LogP contribution in [0.3, 0.4) is 0 Å². The van der Waals surface area contributed by atoms with Gasteiger partial charge in [-0.25, -0.2) is 19.2 Å². The van der Waals surface area contributed by atoms with E-state index in [4.69, 9.17) is 25.8 Å². The molecule has 5 rings (SSSR count). The highest BCUT2D eigenvalue weighted by atomic mass is 35.5. The van der Waals surface area contributed by atoms with Crippen LogP contribution in [0.15, 0.2) is 30.6 Å². The van der Waals surface area contributed by atoms with Crippen LogP contribution in [0.2, 0.25) is 5.02 Å². The van der Waals surface area contributed by atoms with Crippen LogP contribution in [-0.2, 0) is 16.1 Å². The predicted molar refractivity (Wildman–Crippen MR) is 183 cm³/mol. The van der Waals surface area contributed by atoms with Crippen LogP contribution in [0.1, 0.15) is 46.1 Å². The summed E-state index contributed by atoms with van der Waals surface area (Å²) in [7, 11) is 1.81. The van der Waals surface area contributed by atoms with Gasteiger partial charge in [-0.3, -0.25) is 14.6 Å². The molecule has 1 fully saturated rings. The number of likely N-dealkylation sites (N-methyl/N-ethyl adjacent to an activating group) is 1. The molecule has 0 saturated carbocycles. The van der Waals surface area contributed by atoms with E-state index in [1.807, 2.05) is 44.9 Å². The first kappa shape index (κ1) is 35.4. The molecule has 0 unspecified atom stereocenters. The molecule has 260 valence electrons. The molecule has 48 heavy (non-hydrogen) atoms. The van der Waals surface area contributed by atoms with Crippen molar-refractivity contribution in [2.75, 3.05) is 64.8 Å². The normalized spacial score (nSPS) is 18.5. The Morgan fingerprint density at radius 2 is 1.92 bits per heavy atom. The molecule has 1 aromatic heterocycles. The van der Waals surface area contributed by atoms with Crippen LogP contribution in [0.4, 0.5) is 20.7 Å². The summed E-state index contributed by atoms with van der Waals surface area (Å²) in [6, 6.07) is 6.11. The zero-order valence-corrected chi connectivity index (χ0v) is 29.0. The molecule has 2 aliphatic heterocycles. The van der Waals surface area contributed by atoms with Crippen molar-refractivity contribution in [2.45, 2.75) is 58.7 Å². The predicted octanol–water partition coefficient (Wildman–Crippen LogP) is 5.21. The van der Waals surface area contributed by atoms with Crippen LogP contribution in [0.25, 0.3) is 10.9 Å². The van der Waals surface area contributed by atoms with Crippen LogP contribution in [0.5, 0.6) is 11.5 Å². The molecule has 1 atom stereocenters. The van der Waals surface area contributed by atoms with Crippen molar-refractivity contribution >= 4 is 46.0 Å². The Hall–Kier alpha value is -3.94. The van der Waals surface area contributed by atoms with Crippen molar-refractivity contribution in [1.82, 2.24) is 30.0 Å². The third-order valence-corrected chi connectivity index (χ3v) is 8.63. The van der Waals surface area contributed by atoms with Gasteiger partial charge in [0, 0.05) is 63.0 Å². The minimum absolute atomic E-state index is 0.0351. The number of carbonyl (C=O) groups is 2. The van der Waals surface area contributed by atoms with Crippen molar-refractivity contribution in [3.63, 3.8) is 0 Å². The van der Waals surface area contributed by atoms with Gasteiger partial charge in [-0.15, -0.1) is 0 Å². The minimum atomic E-state index is -0.551. The summed E-state index contributed by atoms with van der Waals surface area (Å²) >= 11 is 6.20. The summed E-state index contributed by atoms with van der Waals surface area (Å²) in [5, 5.41) is 6.94. The van der Waals surface area contributed by atoms with Gasteiger partial charge in [0.15, 0.2) is 11.5 Å². The number of halogens is 2. The zero-order chi connectivity index (χ0) is 34.4. The van der Waals surface area contributed by atoms with Gasteiger partial charge in [0.2, 0.25) is 5.91 Å². The van der Waals surface area contributed by atoms with Crippen molar-refractivity contribution in [1.29, 1.82) is 0 Å². The average Bonchev–Trinajstić information content (AvgIpc) is 3.04. The second-order valence-electron chi connectivity index (χ2n) is 13.2. The number of hydrogen-bond acceptors (Lipinski definition) is 10. The summed E-state index contributed by atoms with van der Waals surface area (Å²) in [5.41, 5.74) is 1.30. The molecule has 0 aliphatic carbocycles. The number of anilines is 2. The Kier molecular flexibility index (Phi) is 11.4. The van der Waals surface area contributed by atoms with Crippen molar-refractivity contribution < 1.29 is 28.2 Å². The molecule has 0 radical (unpaired) electrons. The number of fused-ring (bicyclic) bond motifs is 2. The summed E-state index contributed by atoms with van der Waals surface area (Å²) in [5.74, 6) is 0.878. The molecule has 0 spiro atoms. The lowest BCUT2D eigenvalue weighted by atomic mass is 10.1. The quantitative estimate of drug-likeness (QED) is 0.347. The molecule has 2 N–H and O–H groups in total. The maximum Gasteiger partial charge on any atom is 0.410 e. The number of rotatable bonds is 5. The molecule has 1 saturated heterocycles. The Bertz CT molecular complexity index is 1610. The summed E-state index contributed by atoms with van der Waals surface area (Å²) in [6.45, 7) is 12.5. The number of carbonyl (C=O) groups excluding carboxylic acids is 2. The molecule has 2 bridgehead atoms. The van der Waals surface area contributed by atoms with Crippen molar-refractivity contribution in [3.05, 3.63) is 47.0 Å². The van der Waals surface area contributed by atoms with E-state index < -0.39 is 17.5 Å². The molecule has 12 nitrogen and oxygen atoms in total. The maximum atomic E-state index is 14.6. The zero-order valence-electron chi connectivity index (χ0n) is 28.3. The number of ether oxygens (including phenoxy) is 3. The number of nitrogens with one attached hydrogen (secondary N) is 2. The molecule has 3 heterocycles. The first-order chi connectivity index (χ1) is 22.9. The Morgan fingerprint density at radius 3 is 2.67 bits per heavy atom. The monoisotopic (exact) mass is 685 g/mol. The van der Waals surface area contributed by atoms with E-state index in [0.717, 1.165) is 26.1 Å². The molecule has 14 heteroatoms. The minimum Gasteiger partial charge on any atom is -0.490 e. The first-order valence-electron chi connectivity index (χ1n) is 16.4. The summed E-state index contributed by atoms with van der Waals surface area (Å²) in [4.78, 5) is 40.1. The largest absolute Gasteiger partial charge is 0.490 e. The number of aromatic nitrogens is 2. The molecule has 2 amide bonds. The van der Waals surface area contributed by atoms with Crippen molar-refractivity contribution in [2.24, 2.45) is 0 Å². The fourth-order valence-corrected chi connectivity index (χ4v) is 5.69. The fraction of sp³-hybridized carbons (Fsp3) is 0.529. The summed E-state index contributed by atoms with van der Waals surface area (Å²) in [6.07, 6.45) is 2.53. The number of amides is 2. The molecular formula is C34H45ClFN7O5. The van der Waals surface area contributed by atoms with Gasteiger partial charge in [-0.1, -0.05) is 11.6 Å². The second-order valence-corrected chi connectivity index (χ2v) is 13.6. The Labute approximate surface area is 285 Å². The number of hydrogen-bond donors (Lipinski definition) is 2. The topological polar surface area (TPSA) is 121 Å². The van der Waals surface area contributed by atoms with E-state index in [1.165, 1.54) is 18.5 Å². The first-order valence-corrected chi connectivity index (χ1v) is 16.7. The van der Waals surface area contributed by atoms with E-state index in [1.54, 1.807) is 11.8 Å². The Morgan fingerprint density at radius 1 is 1.15 bits per heavy atom.